The monoisotopic (exact) mass is 270 g/mol. The number of hydrogen-bond acceptors (Lipinski definition) is 3. The topological polar surface area (TPSA) is 27.7 Å². The van der Waals surface area contributed by atoms with Crippen molar-refractivity contribution in [1.29, 1.82) is 0 Å². The quantitative estimate of drug-likeness (QED) is 0.854. The smallest absolute Gasteiger partial charge is 0.161 e. The Balaban J connectivity index is 2.15. The highest BCUT2D eigenvalue weighted by molar-refractivity contribution is 5.76. The normalized spacial score (nSPS) is 12.3. The summed E-state index contributed by atoms with van der Waals surface area (Å²) in [6.45, 7) is 0. The summed E-state index contributed by atoms with van der Waals surface area (Å²) < 4.78 is 16.1. The maximum Gasteiger partial charge on any atom is 0.161 e. The first-order valence-corrected chi connectivity index (χ1v) is 6.69. The number of benzene rings is 2. The lowest BCUT2D eigenvalue weighted by atomic mass is 9.85. The third kappa shape index (κ3) is 1.99. The van der Waals surface area contributed by atoms with Crippen molar-refractivity contribution in [2.45, 2.75) is 12.8 Å². The lowest BCUT2D eigenvalue weighted by molar-refractivity contribution is 0.354. The van der Waals surface area contributed by atoms with Crippen molar-refractivity contribution in [2.24, 2.45) is 0 Å². The Kier molecular flexibility index (Phi) is 3.26. The van der Waals surface area contributed by atoms with Crippen molar-refractivity contribution in [3.8, 4) is 28.4 Å². The van der Waals surface area contributed by atoms with Crippen LogP contribution in [-0.4, -0.2) is 21.3 Å². The highest BCUT2D eigenvalue weighted by Crippen LogP contribution is 2.41. The van der Waals surface area contributed by atoms with Crippen LogP contribution in [0.15, 0.2) is 30.3 Å². The molecule has 0 unspecified atom stereocenters. The molecule has 3 nitrogen and oxygen atoms in total. The van der Waals surface area contributed by atoms with E-state index in [0.717, 1.165) is 30.1 Å². The van der Waals surface area contributed by atoms with Gasteiger partial charge in [-0.2, -0.15) is 0 Å². The summed E-state index contributed by atoms with van der Waals surface area (Å²) in [4.78, 5) is 0. The van der Waals surface area contributed by atoms with Gasteiger partial charge in [-0.1, -0.05) is 6.07 Å². The van der Waals surface area contributed by atoms with Crippen LogP contribution in [-0.2, 0) is 12.8 Å². The average Bonchev–Trinajstić information content (AvgIpc) is 2.52. The molecular weight excluding hydrogens is 252 g/mol. The Morgan fingerprint density at radius 1 is 0.700 bits per heavy atom. The molecule has 0 N–H and O–H groups in total. The summed E-state index contributed by atoms with van der Waals surface area (Å²) in [5.41, 5.74) is 5.11. The van der Waals surface area contributed by atoms with Crippen molar-refractivity contribution >= 4 is 0 Å². The number of ether oxygens (including phenoxy) is 3. The molecule has 0 heterocycles. The second-order valence-corrected chi connectivity index (χ2v) is 4.89. The molecule has 20 heavy (non-hydrogen) atoms. The SMILES string of the molecule is COc1ccc2c(c1)CCc1cc(OC)c(OC)cc1-2. The van der Waals surface area contributed by atoms with E-state index in [2.05, 4.69) is 24.3 Å². The summed E-state index contributed by atoms with van der Waals surface area (Å²) >= 11 is 0. The van der Waals surface area contributed by atoms with E-state index in [1.807, 2.05) is 6.07 Å². The van der Waals surface area contributed by atoms with Gasteiger partial charge in [-0.05, 0) is 59.4 Å². The first kappa shape index (κ1) is 12.9. The zero-order valence-electron chi connectivity index (χ0n) is 12.0. The van der Waals surface area contributed by atoms with Crippen LogP contribution in [0.5, 0.6) is 17.2 Å². The molecule has 0 saturated carbocycles. The molecule has 0 radical (unpaired) electrons. The van der Waals surface area contributed by atoms with Gasteiger partial charge in [0, 0.05) is 0 Å². The van der Waals surface area contributed by atoms with Crippen LogP contribution < -0.4 is 14.2 Å². The van der Waals surface area contributed by atoms with E-state index < -0.39 is 0 Å². The van der Waals surface area contributed by atoms with Gasteiger partial charge in [0.1, 0.15) is 5.75 Å². The third-order valence-corrected chi connectivity index (χ3v) is 3.88. The molecule has 0 atom stereocenters. The third-order valence-electron chi connectivity index (χ3n) is 3.88. The van der Waals surface area contributed by atoms with Crippen LogP contribution >= 0.6 is 0 Å². The van der Waals surface area contributed by atoms with Gasteiger partial charge in [-0.15, -0.1) is 0 Å². The van der Waals surface area contributed by atoms with Gasteiger partial charge in [0.05, 0.1) is 21.3 Å². The number of hydrogen-bond donors (Lipinski definition) is 0. The summed E-state index contributed by atoms with van der Waals surface area (Å²) in [7, 11) is 5.04. The molecule has 1 aliphatic rings. The first-order valence-electron chi connectivity index (χ1n) is 6.69. The molecule has 104 valence electrons. The second-order valence-electron chi connectivity index (χ2n) is 4.89. The molecule has 0 aromatic heterocycles. The van der Waals surface area contributed by atoms with Crippen LogP contribution in [0.3, 0.4) is 0 Å². The Morgan fingerprint density at radius 2 is 1.35 bits per heavy atom. The maximum absolute atomic E-state index is 5.41. The minimum atomic E-state index is 0.773. The van der Waals surface area contributed by atoms with Gasteiger partial charge in [0.15, 0.2) is 11.5 Å². The Bertz CT molecular complexity index is 647. The summed E-state index contributed by atoms with van der Waals surface area (Å²) in [5, 5.41) is 0. The maximum atomic E-state index is 5.41. The largest absolute Gasteiger partial charge is 0.497 e. The Labute approximate surface area is 119 Å². The predicted octanol–water partition coefficient (Wildman–Crippen LogP) is 3.48. The zero-order chi connectivity index (χ0) is 14.1. The lowest BCUT2D eigenvalue weighted by Crippen LogP contribution is -2.05. The average molecular weight is 270 g/mol. The van der Waals surface area contributed by atoms with E-state index in [4.69, 9.17) is 14.2 Å². The summed E-state index contributed by atoms with van der Waals surface area (Å²) in [5.74, 6) is 2.48. The highest BCUT2D eigenvalue weighted by atomic mass is 16.5. The number of aryl methyl sites for hydroxylation is 2. The van der Waals surface area contributed by atoms with Gasteiger partial charge < -0.3 is 14.2 Å². The number of rotatable bonds is 3. The molecule has 0 spiro atoms. The zero-order valence-corrected chi connectivity index (χ0v) is 12.0. The van der Waals surface area contributed by atoms with Crippen LogP contribution in [0, 0.1) is 0 Å². The van der Waals surface area contributed by atoms with Crippen LogP contribution in [0.25, 0.3) is 11.1 Å². The standard InChI is InChI=1S/C17H18O3/c1-18-13-6-7-14-11(8-13)4-5-12-9-16(19-2)17(20-3)10-15(12)14/h6-10H,4-5H2,1-3H3. The summed E-state index contributed by atoms with van der Waals surface area (Å²) in [6, 6.07) is 10.4. The second kappa shape index (κ2) is 5.08. The van der Waals surface area contributed by atoms with Crippen molar-refractivity contribution in [3.63, 3.8) is 0 Å². The van der Waals surface area contributed by atoms with Crippen molar-refractivity contribution < 1.29 is 14.2 Å². The molecule has 0 saturated heterocycles. The molecule has 2 aromatic carbocycles. The molecule has 3 rings (SSSR count). The first-order chi connectivity index (χ1) is 9.76. The molecule has 1 aliphatic carbocycles. The Morgan fingerprint density at radius 3 is 2.00 bits per heavy atom. The molecule has 0 bridgehead atoms. The highest BCUT2D eigenvalue weighted by Gasteiger charge is 2.19. The van der Waals surface area contributed by atoms with Gasteiger partial charge in [-0.25, -0.2) is 0 Å². The summed E-state index contributed by atoms with van der Waals surface area (Å²) in [6.07, 6.45) is 2.03. The fourth-order valence-electron chi connectivity index (χ4n) is 2.81. The molecule has 0 aliphatic heterocycles. The number of methoxy groups -OCH3 is 3. The molecule has 0 amide bonds. The molecule has 2 aromatic rings. The molecular formula is C17H18O3. The van der Waals surface area contributed by atoms with Crippen molar-refractivity contribution in [3.05, 3.63) is 41.5 Å². The van der Waals surface area contributed by atoms with Gasteiger partial charge >= 0.3 is 0 Å². The van der Waals surface area contributed by atoms with Crippen molar-refractivity contribution in [1.82, 2.24) is 0 Å². The van der Waals surface area contributed by atoms with Crippen LogP contribution in [0.4, 0.5) is 0 Å². The van der Waals surface area contributed by atoms with E-state index in [-0.39, 0.29) is 0 Å². The molecule has 0 fully saturated rings. The van der Waals surface area contributed by atoms with Gasteiger partial charge in [0.2, 0.25) is 0 Å². The van der Waals surface area contributed by atoms with Crippen molar-refractivity contribution in [2.75, 3.05) is 21.3 Å². The molecule has 3 heteroatoms. The van der Waals surface area contributed by atoms with Crippen LogP contribution in [0.1, 0.15) is 11.1 Å². The van der Waals surface area contributed by atoms with Crippen LogP contribution in [0.2, 0.25) is 0 Å². The van der Waals surface area contributed by atoms with E-state index in [0.29, 0.717) is 0 Å². The van der Waals surface area contributed by atoms with E-state index >= 15 is 0 Å². The fraction of sp³-hybridized carbons (Fsp3) is 0.294. The minimum Gasteiger partial charge on any atom is -0.497 e. The lowest BCUT2D eigenvalue weighted by Gasteiger charge is -2.22. The van der Waals surface area contributed by atoms with Gasteiger partial charge in [0.25, 0.3) is 0 Å². The van der Waals surface area contributed by atoms with Gasteiger partial charge in [-0.3, -0.25) is 0 Å². The fourth-order valence-corrected chi connectivity index (χ4v) is 2.81. The Hall–Kier alpha value is -2.16. The number of fused-ring (bicyclic) bond motifs is 3. The van der Waals surface area contributed by atoms with E-state index in [9.17, 15) is 0 Å². The predicted molar refractivity (Wildman–Crippen MR) is 78.9 cm³/mol. The van der Waals surface area contributed by atoms with E-state index in [1.165, 1.54) is 22.3 Å². The van der Waals surface area contributed by atoms with E-state index in [1.54, 1.807) is 21.3 Å². The minimum absolute atomic E-state index is 0.773.